The van der Waals surface area contributed by atoms with Crippen LogP contribution in [-0.2, 0) is 13.2 Å². The Morgan fingerprint density at radius 1 is 1.12 bits per heavy atom. The van der Waals surface area contributed by atoms with Gasteiger partial charge in [0.25, 0.3) is 0 Å². The normalized spacial score (nSPS) is 11.8. The molecule has 3 rings (SSSR count). The van der Waals surface area contributed by atoms with E-state index in [4.69, 9.17) is 18.6 Å². The van der Waals surface area contributed by atoms with Crippen molar-refractivity contribution in [1.29, 1.82) is 0 Å². The quantitative estimate of drug-likeness (QED) is 0.672. The lowest BCUT2D eigenvalue weighted by Gasteiger charge is -2.06. The van der Waals surface area contributed by atoms with Crippen molar-refractivity contribution in [3.05, 3.63) is 53.5 Å². The van der Waals surface area contributed by atoms with E-state index in [-0.39, 0.29) is 0 Å². The highest BCUT2D eigenvalue weighted by molar-refractivity contribution is 7.13. The van der Waals surface area contributed by atoms with Crippen LogP contribution < -0.4 is 14.0 Å². The zero-order chi connectivity index (χ0) is 19.5. The van der Waals surface area contributed by atoms with Crippen molar-refractivity contribution in [1.82, 2.24) is 9.55 Å². The van der Waals surface area contributed by atoms with Gasteiger partial charge in [-0.15, -0.1) is 11.3 Å². The topological polar surface area (TPSA) is 107 Å². The largest absolute Gasteiger partial charge is 0.416 e. The van der Waals surface area contributed by atoms with Gasteiger partial charge in [0, 0.05) is 24.2 Å². The SMILES string of the molecule is Cn1cccc1-c1nc(-c2ccc(C(F)(F)F)cc2)cs1.[O-][Cl+3]([O-])([O-])O. The second kappa shape index (κ2) is 7.74. The van der Waals surface area contributed by atoms with Crippen molar-refractivity contribution in [3.8, 4) is 22.0 Å². The van der Waals surface area contributed by atoms with Gasteiger partial charge >= 0.3 is 6.18 Å². The molecule has 2 heterocycles. The van der Waals surface area contributed by atoms with Gasteiger partial charge in [0.1, 0.15) is 5.01 Å². The Kier molecular flexibility index (Phi) is 6.06. The lowest BCUT2D eigenvalue weighted by Crippen LogP contribution is -2.58. The third kappa shape index (κ3) is 5.80. The molecule has 0 bridgehead atoms. The van der Waals surface area contributed by atoms with E-state index in [2.05, 4.69) is 4.98 Å². The smallest absolute Gasteiger partial charge is 0.349 e. The second-order valence-corrected chi connectivity index (χ2v) is 6.66. The minimum absolute atomic E-state index is 0.649. The summed E-state index contributed by atoms with van der Waals surface area (Å²) in [4.78, 5) is 4.49. The molecule has 0 saturated heterocycles. The molecule has 2 aromatic heterocycles. The third-order valence-electron chi connectivity index (χ3n) is 3.18. The molecule has 0 unspecified atom stereocenters. The van der Waals surface area contributed by atoms with Gasteiger partial charge in [-0.25, -0.2) is 4.98 Å². The molecule has 0 atom stereocenters. The predicted molar refractivity (Wildman–Crippen MR) is 79.2 cm³/mol. The molecule has 0 aliphatic rings. The molecule has 0 saturated carbocycles. The number of alkyl halides is 3. The molecule has 0 amide bonds. The van der Waals surface area contributed by atoms with Gasteiger partial charge in [0.15, 0.2) is 0 Å². The van der Waals surface area contributed by atoms with Crippen LogP contribution in [0, 0.1) is 10.2 Å². The van der Waals surface area contributed by atoms with Crippen molar-refractivity contribution in [2.75, 3.05) is 0 Å². The molecule has 0 fully saturated rings. The van der Waals surface area contributed by atoms with Crippen LogP contribution in [0.3, 0.4) is 0 Å². The van der Waals surface area contributed by atoms with Crippen LogP contribution in [0.15, 0.2) is 48.0 Å². The molecule has 3 aromatic rings. The first-order valence-electron chi connectivity index (χ1n) is 6.83. The van der Waals surface area contributed by atoms with E-state index >= 15 is 0 Å². The van der Waals surface area contributed by atoms with Gasteiger partial charge in [-0.05, 0) is 24.3 Å². The average molecular weight is 409 g/mol. The minimum atomic E-state index is -4.69. The monoisotopic (exact) mass is 408 g/mol. The van der Waals surface area contributed by atoms with Gasteiger partial charge in [0.05, 0.1) is 31.9 Å². The molecular formula is C15H12ClF3N2O4S. The van der Waals surface area contributed by atoms with Crippen LogP contribution in [0.2, 0.25) is 0 Å². The van der Waals surface area contributed by atoms with E-state index in [9.17, 15) is 13.2 Å². The van der Waals surface area contributed by atoms with Crippen LogP contribution in [0.25, 0.3) is 22.0 Å². The van der Waals surface area contributed by atoms with Crippen LogP contribution in [0.1, 0.15) is 5.56 Å². The molecule has 11 heteroatoms. The van der Waals surface area contributed by atoms with Crippen LogP contribution in [0.4, 0.5) is 13.2 Å². The number of rotatable bonds is 2. The summed E-state index contributed by atoms with van der Waals surface area (Å²) in [6.07, 6.45) is -2.39. The van der Waals surface area contributed by atoms with Gasteiger partial charge in [-0.3, -0.25) is 0 Å². The maximum absolute atomic E-state index is 12.5. The Morgan fingerprint density at radius 3 is 2.15 bits per heavy atom. The first-order chi connectivity index (χ1) is 11.9. The fraction of sp³-hybridized carbons (Fsp3) is 0.133. The first kappa shape index (κ1) is 20.4. The van der Waals surface area contributed by atoms with E-state index in [1.54, 1.807) is 0 Å². The molecule has 1 N–H and O–H groups in total. The number of aromatic nitrogens is 2. The average Bonchev–Trinajstić information content (AvgIpc) is 3.13. The van der Waals surface area contributed by atoms with E-state index in [1.165, 1.54) is 23.5 Å². The van der Waals surface area contributed by atoms with Crippen molar-refractivity contribution in [3.63, 3.8) is 0 Å². The molecule has 0 aliphatic heterocycles. The number of aryl methyl sites for hydroxylation is 1. The van der Waals surface area contributed by atoms with Gasteiger partial charge in [-0.1, -0.05) is 12.1 Å². The third-order valence-corrected chi connectivity index (χ3v) is 4.04. The maximum Gasteiger partial charge on any atom is 0.416 e. The lowest BCUT2D eigenvalue weighted by molar-refractivity contribution is -1.92. The Bertz CT molecular complexity index is 851. The maximum atomic E-state index is 12.5. The van der Waals surface area contributed by atoms with E-state index in [0.29, 0.717) is 11.3 Å². The number of nitrogens with zero attached hydrogens (tertiary/aromatic N) is 2. The minimum Gasteiger partial charge on any atom is -0.349 e. The van der Waals surface area contributed by atoms with Crippen molar-refractivity contribution >= 4 is 11.3 Å². The zero-order valence-corrected chi connectivity index (χ0v) is 14.7. The fourth-order valence-corrected chi connectivity index (χ4v) is 2.93. The molecular weight excluding hydrogens is 397 g/mol. The summed E-state index contributed by atoms with van der Waals surface area (Å²) in [6.45, 7) is 0. The lowest BCUT2D eigenvalue weighted by atomic mass is 10.1. The predicted octanol–water partition coefficient (Wildman–Crippen LogP) is 0.710. The van der Waals surface area contributed by atoms with E-state index < -0.39 is 22.0 Å². The molecule has 0 spiro atoms. The number of thiazole rings is 1. The number of benzene rings is 1. The Labute approximate surface area is 152 Å². The molecule has 0 aliphatic carbocycles. The first-order valence-corrected chi connectivity index (χ1v) is 8.97. The van der Waals surface area contributed by atoms with Gasteiger partial charge in [0.2, 0.25) is 0 Å². The van der Waals surface area contributed by atoms with Crippen molar-refractivity contribution in [2.24, 2.45) is 7.05 Å². The summed E-state index contributed by atoms with van der Waals surface area (Å²) in [5.41, 5.74) is 1.70. The molecule has 6 nitrogen and oxygen atoms in total. The zero-order valence-electron chi connectivity index (χ0n) is 13.1. The summed E-state index contributed by atoms with van der Waals surface area (Å²) >= 11 is 1.47. The molecule has 0 radical (unpaired) electrons. The van der Waals surface area contributed by atoms with E-state index in [1.807, 2.05) is 35.3 Å². The molecule has 1 aromatic carbocycles. The van der Waals surface area contributed by atoms with Crippen LogP contribution >= 0.6 is 11.3 Å². The van der Waals surface area contributed by atoms with Gasteiger partial charge < -0.3 is 4.57 Å². The number of hydrogen-bond donors (Lipinski definition) is 1. The number of hydrogen-bond acceptors (Lipinski definition) is 6. The van der Waals surface area contributed by atoms with E-state index in [0.717, 1.165) is 22.8 Å². The van der Waals surface area contributed by atoms with Gasteiger partial charge in [-0.2, -0.15) is 27.1 Å². The highest BCUT2D eigenvalue weighted by Gasteiger charge is 2.30. The van der Waals surface area contributed by atoms with Crippen LogP contribution in [0.5, 0.6) is 0 Å². The Balaban J connectivity index is 0.000000431. The van der Waals surface area contributed by atoms with Crippen molar-refractivity contribution in [2.45, 2.75) is 6.18 Å². The molecule has 26 heavy (non-hydrogen) atoms. The summed E-state index contributed by atoms with van der Waals surface area (Å²) in [6, 6.07) is 8.94. The summed E-state index contributed by atoms with van der Waals surface area (Å²) in [5.74, 6) is 0. The highest BCUT2D eigenvalue weighted by atomic mass is 35.7. The standard InChI is InChI=1S/C15H11F3N2S.ClHO4/c1-20-8-2-3-13(20)14-19-12(9-21-14)10-4-6-11(7-5-10)15(16,17)18;2-1(3,4)5/h2-9H,1H3;(H,2,3,4,5). The fourth-order valence-electron chi connectivity index (χ4n) is 2.04. The van der Waals surface area contributed by atoms with Crippen molar-refractivity contribution < 1.29 is 42.1 Å². The summed E-state index contributed by atoms with van der Waals surface area (Å²) in [7, 11) is -2.77. The highest BCUT2D eigenvalue weighted by Crippen LogP contribution is 2.32. The number of halogens is 4. The summed E-state index contributed by atoms with van der Waals surface area (Å²) in [5, 5.41) is 2.70. The summed E-state index contributed by atoms with van der Waals surface area (Å²) < 4.78 is 72.3. The Hall–Kier alpha value is -1.95. The molecule has 140 valence electrons. The Morgan fingerprint density at radius 2 is 1.69 bits per heavy atom. The van der Waals surface area contributed by atoms with Crippen LogP contribution in [-0.4, -0.2) is 14.2 Å². The second-order valence-electron chi connectivity index (χ2n) is 5.01.